The average Bonchev–Trinajstić information content (AvgIpc) is 3.06. The monoisotopic (exact) mass is 290 g/mol. The number of hydrogen-bond donors (Lipinski definition) is 2. The van der Waals surface area contributed by atoms with Gasteiger partial charge in [0.25, 0.3) is 0 Å². The Labute approximate surface area is 122 Å². The number of halogens is 1. The van der Waals surface area contributed by atoms with Crippen LogP contribution in [-0.2, 0) is 11.8 Å². The van der Waals surface area contributed by atoms with Gasteiger partial charge in [-0.1, -0.05) is 12.5 Å². The van der Waals surface area contributed by atoms with Crippen molar-refractivity contribution in [3.8, 4) is 0 Å². The van der Waals surface area contributed by atoms with Crippen LogP contribution in [0.3, 0.4) is 0 Å². The maximum absolute atomic E-state index is 13.7. The number of nitrogens with two attached hydrogens (primary N) is 1. The number of hydrogen-bond acceptors (Lipinski definition) is 3. The Kier molecular flexibility index (Phi) is 3.63. The van der Waals surface area contributed by atoms with Gasteiger partial charge in [0.15, 0.2) is 5.82 Å². The van der Waals surface area contributed by atoms with E-state index in [1.165, 1.54) is 6.07 Å². The van der Waals surface area contributed by atoms with E-state index in [0.29, 0.717) is 18.0 Å². The van der Waals surface area contributed by atoms with Crippen molar-refractivity contribution >= 4 is 22.9 Å². The molecule has 0 unspecified atom stereocenters. The topological polar surface area (TPSA) is 72.9 Å². The van der Waals surface area contributed by atoms with E-state index in [0.717, 1.165) is 19.3 Å². The molecule has 0 radical (unpaired) electrons. The van der Waals surface area contributed by atoms with Gasteiger partial charge in [-0.25, -0.2) is 9.37 Å². The number of fused-ring (bicyclic) bond motifs is 1. The highest BCUT2D eigenvalue weighted by atomic mass is 19.1. The Hall–Kier alpha value is -1.95. The minimum atomic E-state index is -0.385. The summed E-state index contributed by atoms with van der Waals surface area (Å²) in [5.74, 6) is 0.0879. The summed E-state index contributed by atoms with van der Waals surface area (Å²) >= 11 is 0. The molecule has 1 amide bonds. The number of carbonyl (C=O) groups excluding carboxylic acids is 1. The van der Waals surface area contributed by atoms with Gasteiger partial charge in [-0.2, -0.15) is 0 Å². The van der Waals surface area contributed by atoms with E-state index in [-0.39, 0.29) is 29.1 Å². The highest BCUT2D eigenvalue weighted by Crippen LogP contribution is 2.32. The van der Waals surface area contributed by atoms with Crippen molar-refractivity contribution in [3.05, 3.63) is 24.0 Å². The van der Waals surface area contributed by atoms with E-state index in [9.17, 15) is 9.18 Å². The molecule has 2 aromatic rings. The predicted octanol–water partition coefficient (Wildman–Crippen LogP) is 2.03. The van der Waals surface area contributed by atoms with Crippen molar-refractivity contribution in [2.24, 2.45) is 24.6 Å². The average molecular weight is 290 g/mol. The normalized spacial score (nSPS) is 21.9. The van der Waals surface area contributed by atoms with Gasteiger partial charge in [-0.3, -0.25) is 10.1 Å². The van der Waals surface area contributed by atoms with Crippen LogP contribution in [0.2, 0.25) is 0 Å². The summed E-state index contributed by atoms with van der Waals surface area (Å²) in [7, 11) is 1.76. The highest BCUT2D eigenvalue weighted by Gasteiger charge is 2.32. The van der Waals surface area contributed by atoms with Gasteiger partial charge in [-0.15, -0.1) is 0 Å². The smallest absolute Gasteiger partial charge is 0.230 e. The summed E-state index contributed by atoms with van der Waals surface area (Å²) in [6.45, 7) is 0.523. The third kappa shape index (κ3) is 2.40. The molecule has 1 aromatic carbocycles. The first-order valence-electron chi connectivity index (χ1n) is 7.23. The molecule has 5 nitrogen and oxygen atoms in total. The maximum Gasteiger partial charge on any atom is 0.230 e. The number of imidazole rings is 1. The Morgan fingerprint density at radius 2 is 2.33 bits per heavy atom. The van der Waals surface area contributed by atoms with Gasteiger partial charge in [0.05, 0.1) is 5.52 Å². The van der Waals surface area contributed by atoms with Gasteiger partial charge in [0.1, 0.15) is 5.52 Å². The molecule has 0 bridgehead atoms. The lowest BCUT2D eigenvalue weighted by Gasteiger charge is -2.16. The summed E-state index contributed by atoms with van der Waals surface area (Å²) in [6.07, 6.45) is 2.87. The summed E-state index contributed by atoms with van der Waals surface area (Å²) < 4.78 is 15.4. The second-order valence-electron chi connectivity index (χ2n) is 5.62. The zero-order chi connectivity index (χ0) is 15.0. The van der Waals surface area contributed by atoms with E-state index < -0.39 is 0 Å². The number of nitrogens with zero attached hydrogens (tertiary/aromatic N) is 2. The van der Waals surface area contributed by atoms with Crippen LogP contribution in [-0.4, -0.2) is 22.0 Å². The Balaban J connectivity index is 1.86. The Morgan fingerprint density at radius 1 is 1.52 bits per heavy atom. The second-order valence-corrected chi connectivity index (χ2v) is 5.62. The Morgan fingerprint density at radius 3 is 3.05 bits per heavy atom. The molecule has 1 fully saturated rings. The first-order chi connectivity index (χ1) is 10.1. The molecule has 112 valence electrons. The number of anilines is 1. The van der Waals surface area contributed by atoms with Crippen molar-refractivity contribution in [2.45, 2.75) is 19.3 Å². The van der Waals surface area contributed by atoms with Crippen LogP contribution in [0, 0.1) is 17.7 Å². The van der Waals surface area contributed by atoms with E-state index in [4.69, 9.17) is 5.73 Å². The van der Waals surface area contributed by atoms with Gasteiger partial charge in [-0.05, 0) is 37.4 Å². The largest absolute Gasteiger partial charge is 0.330 e. The zero-order valence-electron chi connectivity index (χ0n) is 12.0. The SMILES string of the molecule is Cn1c(NC(=O)[C@@H]2CCC[C@@H]2CN)nc2c(F)cccc21. The molecule has 1 aliphatic rings. The second kappa shape index (κ2) is 5.44. The third-order valence-electron chi connectivity index (χ3n) is 4.40. The Bertz CT molecular complexity index is 682. The number of amides is 1. The fourth-order valence-electron chi connectivity index (χ4n) is 3.16. The lowest BCUT2D eigenvalue weighted by Crippen LogP contribution is -2.30. The summed E-state index contributed by atoms with van der Waals surface area (Å²) in [5, 5.41) is 2.82. The van der Waals surface area contributed by atoms with Gasteiger partial charge >= 0.3 is 0 Å². The fourth-order valence-corrected chi connectivity index (χ4v) is 3.16. The van der Waals surface area contributed by atoms with E-state index in [1.54, 1.807) is 23.7 Å². The standard InChI is InChI=1S/C15H19FN4O/c1-20-12-7-3-6-11(16)13(12)18-15(20)19-14(21)10-5-2-4-9(10)8-17/h3,6-7,9-10H,2,4-5,8,17H2,1H3,(H,18,19,21)/t9-,10-/m1/s1. The van der Waals surface area contributed by atoms with E-state index >= 15 is 0 Å². The van der Waals surface area contributed by atoms with Gasteiger partial charge < -0.3 is 10.3 Å². The third-order valence-corrected chi connectivity index (χ3v) is 4.40. The van der Waals surface area contributed by atoms with E-state index in [1.807, 2.05) is 0 Å². The number of nitrogens with one attached hydrogen (secondary N) is 1. The van der Waals surface area contributed by atoms with Gasteiger partial charge in [0, 0.05) is 13.0 Å². The number of carbonyl (C=O) groups is 1. The fraction of sp³-hybridized carbons (Fsp3) is 0.467. The lowest BCUT2D eigenvalue weighted by atomic mass is 9.95. The first kappa shape index (κ1) is 14.0. The molecule has 1 saturated carbocycles. The van der Waals surface area contributed by atoms with E-state index in [2.05, 4.69) is 10.3 Å². The minimum absolute atomic E-state index is 0.0678. The van der Waals surface area contributed by atoms with Crippen molar-refractivity contribution < 1.29 is 9.18 Å². The molecule has 21 heavy (non-hydrogen) atoms. The highest BCUT2D eigenvalue weighted by molar-refractivity contribution is 5.93. The number of aryl methyl sites for hydroxylation is 1. The molecule has 3 N–H and O–H groups in total. The molecular weight excluding hydrogens is 271 g/mol. The minimum Gasteiger partial charge on any atom is -0.330 e. The molecule has 1 heterocycles. The van der Waals surface area contributed by atoms with Crippen molar-refractivity contribution in [1.29, 1.82) is 0 Å². The molecule has 1 aromatic heterocycles. The maximum atomic E-state index is 13.7. The van der Waals surface area contributed by atoms with Crippen LogP contribution in [0.5, 0.6) is 0 Å². The molecule has 0 spiro atoms. The van der Waals surface area contributed by atoms with Crippen molar-refractivity contribution in [2.75, 3.05) is 11.9 Å². The molecular formula is C15H19FN4O. The zero-order valence-corrected chi connectivity index (χ0v) is 12.0. The summed E-state index contributed by atoms with van der Waals surface area (Å²) in [6, 6.07) is 4.77. The number of para-hydroxylation sites is 1. The first-order valence-corrected chi connectivity index (χ1v) is 7.23. The van der Waals surface area contributed by atoms with Crippen LogP contribution >= 0.6 is 0 Å². The van der Waals surface area contributed by atoms with Gasteiger partial charge in [0.2, 0.25) is 11.9 Å². The van der Waals surface area contributed by atoms with Crippen LogP contribution < -0.4 is 11.1 Å². The van der Waals surface area contributed by atoms with Crippen molar-refractivity contribution in [3.63, 3.8) is 0 Å². The number of benzene rings is 1. The molecule has 2 atom stereocenters. The molecule has 3 rings (SSSR count). The summed E-state index contributed by atoms with van der Waals surface area (Å²) in [5.41, 5.74) is 6.65. The van der Waals surface area contributed by atoms with Crippen LogP contribution in [0.15, 0.2) is 18.2 Å². The molecule has 6 heteroatoms. The number of aromatic nitrogens is 2. The van der Waals surface area contributed by atoms with Crippen LogP contribution in [0.4, 0.5) is 10.3 Å². The lowest BCUT2D eigenvalue weighted by molar-refractivity contribution is -0.120. The van der Waals surface area contributed by atoms with Crippen LogP contribution in [0.1, 0.15) is 19.3 Å². The molecule has 0 saturated heterocycles. The summed E-state index contributed by atoms with van der Waals surface area (Å²) in [4.78, 5) is 16.6. The number of rotatable bonds is 3. The predicted molar refractivity (Wildman–Crippen MR) is 79.2 cm³/mol. The van der Waals surface area contributed by atoms with Crippen molar-refractivity contribution in [1.82, 2.24) is 9.55 Å². The quantitative estimate of drug-likeness (QED) is 0.908. The molecule has 1 aliphatic carbocycles. The van der Waals surface area contributed by atoms with Crippen LogP contribution in [0.25, 0.3) is 11.0 Å². The molecule has 0 aliphatic heterocycles.